The van der Waals surface area contributed by atoms with Crippen LogP contribution in [0.5, 0.6) is 0 Å². The maximum Gasteiger partial charge on any atom is 0.186 e. The van der Waals surface area contributed by atoms with Crippen molar-refractivity contribution in [3.63, 3.8) is 0 Å². The second kappa shape index (κ2) is 4.61. The van der Waals surface area contributed by atoms with Crippen LogP contribution in [0.2, 0.25) is 0 Å². The number of nitrogens with zero attached hydrogens (tertiary/aromatic N) is 1. The number of rotatable bonds is 4. The molecule has 0 radical (unpaired) electrons. The zero-order chi connectivity index (χ0) is 9.84. The SMILES string of the molecule is COC1OC(CO)C(OC)C1N=O. The first-order valence-corrected chi connectivity index (χ1v) is 3.92. The lowest BCUT2D eigenvalue weighted by Crippen LogP contribution is -2.34. The third-order valence-electron chi connectivity index (χ3n) is 2.10. The Kier molecular flexibility index (Phi) is 3.73. The maximum absolute atomic E-state index is 10.4. The van der Waals surface area contributed by atoms with Crippen molar-refractivity contribution in [2.75, 3.05) is 20.8 Å². The molecule has 0 bridgehead atoms. The molecule has 6 nitrogen and oxygen atoms in total. The molecule has 6 heteroatoms. The molecule has 4 unspecified atom stereocenters. The highest BCUT2D eigenvalue weighted by atomic mass is 16.7. The Morgan fingerprint density at radius 3 is 2.54 bits per heavy atom. The highest BCUT2D eigenvalue weighted by molar-refractivity contribution is 4.92. The summed E-state index contributed by atoms with van der Waals surface area (Å²) in [5.74, 6) is 0. The molecule has 0 aromatic rings. The first-order chi connectivity index (χ1) is 6.28. The predicted octanol–water partition coefficient (Wildman–Crippen LogP) is -0.500. The van der Waals surface area contributed by atoms with Crippen LogP contribution in [-0.2, 0) is 14.2 Å². The van der Waals surface area contributed by atoms with Gasteiger partial charge in [0, 0.05) is 14.2 Å². The molecule has 1 rings (SSSR count). The fourth-order valence-electron chi connectivity index (χ4n) is 1.45. The van der Waals surface area contributed by atoms with E-state index in [9.17, 15) is 4.91 Å². The third kappa shape index (κ3) is 1.86. The minimum atomic E-state index is -0.723. The van der Waals surface area contributed by atoms with Crippen molar-refractivity contribution in [3.8, 4) is 0 Å². The van der Waals surface area contributed by atoms with Crippen LogP contribution in [0.25, 0.3) is 0 Å². The highest BCUT2D eigenvalue weighted by Crippen LogP contribution is 2.26. The number of aliphatic hydroxyl groups excluding tert-OH is 1. The van der Waals surface area contributed by atoms with Crippen LogP contribution in [-0.4, -0.2) is 50.5 Å². The van der Waals surface area contributed by atoms with Crippen LogP contribution >= 0.6 is 0 Å². The van der Waals surface area contributed by atoms with Gasteiger partial charge < -0.3 is 19.3 Å². The Morgan fingerprint density at radius 2 is 2.15 bits per heavy atom. The topological polar surface area (TPSA) is 77.3 Å². The molecule has 1 aliphatic rings. The van der Waals surface area contributed by atoms with Crippen LogP contribution < -0.4 is 0 Å². The quantitative estimate of drug-likeness (QED) is 0.606. The molecule has 0 saturated carbocycles. The Labute approximate surface area is 75.8 Å². The van der Waals surface area contributed by atoms with E-state index in [1.165, 1.54) is 14.2 Å². The smallest absolute Gasteiger partial charge is 0.186 e. The van der Waals surface area contributed by atoms with E-state index in [1.54, 1.807) is 0 Å². The van der Waals surface area contributed by atoms with E-state index in [0.29, 0.717) is 0 Å². The Bertz CT molecular complexity index is 176. The minimum absolute atomic E-state index is 0.218. The van der Waals surface area contributed by atoms with Crippen LogP contribution in [0.1, 0.15) is 0 Å². The largest absolute Gasteiger partial charge is 0.394 e. The number of ether oxygens (including phenoxy) is 3. The van der Waals surface area contributed by atoms with Gasteiger partial charge in [0.05, 0.1) is 6.61 Å². The zero-order valence-corrected chi connectivity index (χ0v) is 7.54. The van der Waals surface area contributed by atoms with Gasteiger partial charge >= 0.3 is 0 Å². The van der Waals surface area contributed by atoms with Crippen LogP contribution in [0.15, 0.2) is 5.18 Å². The summed E-state index contributed by atoms with van der Waals surface area (Å²) >= 11 is 0. The van der Waals surface area contributed by atoms with Gasteiger partial charge in [-0.25, -0.2) is 0 Å². The molecular weight excluding hydrogens is 178 g/mol. The lowest BCUT2D eigenvalue weighted by Gasteiger charge is -2.14. The number of hydrogen-bond donors (Lipinski definition) is 1. The predicted molar refractivity (Wildman–Crippen MR) is 43.1 cm³/mol. The minimum Gasteiger partial charge on any atom is -0.394 e. The molecule has 0 aromatic carbocycles. The average Bonchev–Trinajstić information content (AvgIpc) is 2.54. The molecular formula is C7H13NO5. The fourth-order valence-corrected chi connectivity index (χ4v) is 1.45. The standard InChI is InChI=1S/C7H13NO5/c1-11-6-4(3-9)13-7(12-2)5(6)8-10/h4-7,9H,3H2,1-2H3. The molecule has 13 heavy (non-hydrogen) atoms. The van der Waals surface area contributed by atoms with Crippen LogP contribution in [0.3, 0.4) is 0 Å². The van der Waals surface area contributed by atoms with Gasteiger partial charge in [-0.1, -0.05) is 5.18 Å². The maximum atomic E-state index is 10.4. The Balaban J connectivity index is 2.70. The van der Waals surface area contributed by atoms with Crippen molar-refractivity contribution < 1.29 is 19.3 Å². The van der Waals surface area contributed by atoms with Gasteiger partial charge in [0.1, 0.15) is 12.2 Å². The number of hydrogen-bond acceptors (Lipinski definition) is 6. The summed E-state index contributed by atoms with van der Waals surface area (Å²) in [7, 11) is 2.85. The van der Waals surface area contributed by atoms with Crippen molar-refractivity contribution in [3.05, 3.63) is 4.91 Å². The summed E-state index contributed by atoms with van der Waals surface area (Å²) in [6.07, 6.45) is -1.80. The van der Waals surface area contributed by atoms with E-state index >= 15 is 0 Å². The van der Waals surface area contributed by atoms with E-state index < -0.39 is 24.5 Å². The van der Waals surface area contributed by atoms with E-state index in [4.69, 9.17) is 19.3 Å². The van der Waals surface area contributed by atoms with Crippen LogP contribution in [0, 0.1) is 4.91 Å². The first-order valence-electron chi connectivity index (χ1n) is 3.92. The van der Waals surface area contributed by atoms with Gasteiger partial charge in [-0.15, -0.1) is 0 Å². The zero-order valence-electron chi connectivity index (χ0n) is 7.54. The summed E-state index contributed by atoms with van der Waals surface area (Å²) < 4.78 is 15.0. The monoisotopic (exact) mass is 191 g/mol. The Morgan fingerprint density at radius 1 is 1.46 bits per heavy atom. The van der Waals surface area contributed by atoms with Crippen molar-refractivity contribution in [1.82, 2.24) is 0 Å². The van der Waals surface area contributed by atoms with Crippen molar-refractivity contribution in [2.45, 2.75) is 24.5 Å². The molecule has 1 N–H and O–H groups in total. The van der Waals surface area contributed by atoms with E-state index in [-0.39, 0.29) is 6.61 Å². The molecule has 1 saturated heterocycles. The number of methoxy groups -OCH3 is 2. The summed E-state index contributed by atoms with van der Waals surface area (Å²) in [6.45, 7) is -0.218. The van der Waals surface area contributed by atoms with Gasteiger partial charge in [-0.3, -0.25) is 0 Å². The summed E-state index contributed by atoms with van der Waals surface area (Å²) in [5, 5.41) is 11.7. The number of aliphatic hydroxyl groups is 1. The van der Waals surface area contributed by atoms with Crippen molar-refractivity contribution in [2.24, 2.45) is 5.18 Å². The van der Waals surface area contributed by atoms with Gasteiger partial charge in [-0.2, -0.15) is 4.91 Å². The van der Waals surface area contributed by atoms with E-state index in [1.807, 2.05) is 0 Å². The van der Waals surface area contributed by atoms with Gasteiger partial charge in [0.15, 0.2) is 12.3 Å². The van der Waals surface area contributed by atoms with Gasteiger partial charge in [0.25, 0.3) is 0 Å². The van der Waals surface area contributed by atoms with Gasteiger partial charge in [0.2, 0.25) is 0 Å². The summed E-state index contributed by atoms with van der Waals surface area (Å²) in [5.41, 5.74) is 0. The number of nitroso groups, excluding NO2 is 1. The molecule has 1 fully saturated rings. The molecule has 0 aromatic heterocycles. The lowest BCUT2D eigenvalue weighted by molar-refractivity contribution is -0.131. The second-order valence-corrected chi connectivity index (χ2v) is 2.76. The molecule has 76 valence electrons. The molecule has 0 amide bonds. The molecule has 0 aliphatic carbocycles. The second-order valence-electron chi connectivity index (χ2n) is 2.76. The third-order valence-corrected chi connectivity index (χ3v) is 2.10. The normalized spacial score (nSPS) is 39.3. The average molecular weight is 191 g/mol. The molecule has 1 heterocycles. The fraction of sp³-hybridized carbons (Fsp3) is 1.00. The van der Waals surface area contributed by atoms with Crippen LogP contribution in [0.4, 0.5) is 0 Å². The first kappa shape index (κ1) is 10.5. The lowest BCUT2D eigenvalue weighted by atomic mass is 10.1. The van der Waals surface area contributed by atoms with Crippen molar-refractivity contribution in [1.29, 1.82) is 0 Å². The Hall–Kier alpha value is -0.560. The van der Waals surface area contributed by atoms with Gasteiger partial charge in [-0.05, 0) is 0 Å². The molecule has 4 atom stereocenters. The molecule has 1 aliphatic heterocycles. The molecule has 0 spiro atoms. The summed E-state index contributed by atoms with van der Waals surface area (Å²) in [4.78, 5) is 10.4. The summed E-state index contributed by atoms with van der Waals surface area (Å²) in [6, 6.07) is -0.716. The highest BCUT2D eigenvalue weighted by Gasteiger charge is 2.46. The van der Waals surface area contributed by atoms with E-state index in [0.717, 1.165) is 0 Å². The van der Waals surface area contributed by atoms with E-state index in [2.05, 4.69) is 5.18 Å². The van der Waals surface area contributed by atoms with Crippen molar-refractivity contribution >= 4 is 0 Å².